The van der Waals surface area contributed by atoms with Crippen LogP contribution in [0.4, 0.5) is 21.0 Å². The molecule has 0 aliphatic rings. The molecule has 1 rings (SSSR count). The fourth-order valence-corrected chi connectivity index (χ4v) is 1.90. The molecule has 1 aromatic carbocycles. The van der Waals surface area contributed by atoms with Crippen molar-refractivity contribution in [2.75, 3.05) is 37.9 Å². The zero-order chi connectivity index (χ0) is 17.2. The van der Waals surface area contributed by atoms with Crippen molar-refractivity contribution in [2.24, 2.45) is 0 Å². The van der Waals surface area contributed by atoms with E-state index in [-0.39, 0.29) is 6.03 Å². The van der Waals surface area contributed by atoms with Gasteiger partial charge in [0.2, 0.25) is 0 Å². The minimum absolute atomic E-state index is 0.280. The summed E-state index contributed by atoms with van der Waals surface area (Å²) in [7, 11) is 3.33. The Morgan fingerprint density at radius 2 is 1.91 bits per heavy atom. The molecule has 23 heavy (non-hydrogen) atoms. The summed E-state index contributed by atoms with van der Waals surface area (Å²) in [6.45, 7) is 5.63. The fraction of sp³-hybridized carbons (Fsp3) is 0.500. The van der Waals surface area contributed by atoms with Gasteiger partial charge in [0.1, 0.15) is 0 Å². The summed E-state index contributed by atoms with van der Waals surface area (Å²) in [5, 5.41) is 8.08. The summed E-state index contributed by atoms with van der Waals surface area (Å²) in [5.41, 5.74) is 1.14. The van der Waals surface area contributed by atoms with Gasteiger partial charge >= 0.3 is 12.1 Å². The van der Waals surface area contributed by atoms with Gasteiger partial charge in [-0.25, -0.2) is 9.59 Å². The van der Waals surface area contributed by atoms with Crippen molar-refractivity contribution in [1.29, 1.82) is 0 Å². The lowest BCUT2D eigenvalue weighted by Gasteiger charge is -2.23. The Labute approximate surface area is 137 Å². The first-order chi connectivity index (χ1) is 11.0. The first-order valence-corrected chi connectivity index (χ1v) is 7.66. The van der Waals surface area contributed by atoms with E-state index in [1.807, 2.05) is 7.05 Å². The highest BCUT2D eigenvalue weighted by molar-refractivity contribution is 5.91. The predicted molar refractivity (Wildman–Crippen MR) is 91.9 cm³/mol. The summed E-state index contributed by atoms with van der Waals surface area (Å²) in [4.78, 5) is 25.2. The molecule has 0 fully saturated rings. The van der Waals surface area contributed by atoms with Gasteiger partial charge in [0.25, 0.3) is 0 Å². The van der Waals surface area contributed by atoms with Crippen LogP contribution < -0.4 is 16.0 Å². The number of nitrogens with zero attached hydrogens (tertiary/aromatic N) is 1. The van der Waals surface area contributed by atoms with Crippen molar-refractivity contribution < 1.29 is 14.3 Å². The maximum atomic E-state index is 11.9. The van der Waals surface area contributed by atoms with E-state index in [4.69, 9.17) is 0 Å². The van der Waals surface area contributed by atoms with Gasteiger partial charge in [-0.3, -0.25) is 5.32 Å². The minimum atomic E-state index is -0.556. The Morgan fingerprint density at radius 1 is 1.26 bits per heavy atom. The Bertz CT molecular complexity index is 522. The van der Waals surface area contributed by atoms with E-state index in [1.165, 1.54) is 7.11 Å². The van der Waals surface area contributed by atoms with Crippen molar-refractivity contribution in [2.45, 2.75) is 26.3 Å². The van der Waals surface area contributed by atoms with Gasteiger partial charge in [-0.05, 0) is 38.6 Å². The van der Waals surface area contributed by atoms with Gasteiger partial charge < -0.3 is 20.3 Å². The number of rotatable bonds is 7. The minimum Gasteiger partial charge on any atom is -0.453 e. The summed E-state index contributed by atoms with van der Waals surface area (Å²) in [6.07, 6.45) is 0.516. The topological polar surface area (TPSA) is 82.7 Å². The molecule has 128 valence electrons. The second-order valence-electron chi connectivity index (χ2n) is 5.32. The van der Waals surface area contributed by atoms with E-state index < -0.39 is 6.09 Å². The highest BCUT2D eigenvalue weighted by atomic mass is 16.5. The van der Waals surface area contributed by atoms with E-state index in [9.17, 15) is 9.59 Å². The Morgan fingerprint density at radius 3 is 2.52 bits per heavy atom. The third-order valence-corrected chi connectivity index (χ3v) is 3.65. The third-order valence-electron chi connectivity index (χ3n) is 3.65. The van der Waals surface area contributed by atoms with Gasteiger partial charge in [0.15, 0.2) is 0 Å². The van der Waals surface area contributed by atoms with Crippen LogP contribution in [0, 0.1) is 0 Å². The summed E-state index contributed by atoms with van der Waals surface area (Å²) in [5.74, 6) is 0. The van der Waals surface area contributed by atoms with Crippen molar-refractivity contribution in [3.63, 3.8) is 0 Å². The number of anilines is 2. The number of likely N-dealkylation sites (N-methyl/N-ethyl adjacent to an activating group) is 1. The fourth-order valence-electron chi connectivity index (χ4n) is 1.90. The third kappa shape index (κ3) is 7.01. The molecule has 0 saturated carbocycles. The number of carbonyl (C=O) groups is 2. The summed E-state index contributed by atoms with van der Waals surface area (Å²) >= 11 is 0. The molecule has 0 heterocycles. The maximum Gasteiger partial charge on any atom is 0.411 e. The van der Waals surface area contributed by atoms with E-state index in [0.29, 0.717) is 24.0 Å². The molecule has 0 bridgehead atoms. The zero-order valence-corrected chi connectivity index (χ0v) is 14.2. The van der Waals surface area contributed by atoms with Gasteiger partial charge in [0.05, 0.1) is 7.11 Å². The molecule has 0 radical (unpaired) electrons. The summed E-state index contributed by atoms with van der Waals surface area (Å²) in [6, 6.07) is 7.05. The highest BCUT2D eigenvalue weighted by Crippen LogP contribution is 2.15. The molecule has 0 aliphatic heterocycles. The van der Waals surface area contributed by atoms with E-state index in [2.05, 4.69) is 39.4 Å². The van der Waals surface area contributed by atoms with Crippen LogP contribution in [0.25, 0.3) is 0 Å². The number of ether oxygens (including phenoxy) is 1. The van der Waals surface area contributed by atoms with Gasteiger partial charge in [0, 0.05) is 30.5 Å². The van der Waals surface area contributed by atoms with Crippen LogP contribution in [0.1, 0.15) is 20.3 Å². The van der Waals surface area contributed by atoms with Crippen LogP contribution in [0.5, 0.6) is 0 Å². The molecule has 3 amide bonds. The molecule has 0 saturated heterocycles. The van der Waals surface area contributed by atoms with Gasteiger partial charge in [-0.15, -0.1) is 0 Å². The lowest BCUT2D eigenvalue weighted by atomic mass is 10.2. The second-order valence-corrected chi connectivity index (χ2v) is 5.32. The molecule has 7 nitrogen and oxygen atoms in total. The van der Waals surface area contributed by atoms with Crippen molar-refractivity contribution >= 4 is 23.5 Å². The number of benzene rings is 1. The smallest absolute Gasteiger partial charge is 0.411 e. The molecule has 0 aliphatic carbocycles. The van der Waals surface area contributed by atoms with E-state index in [0.717, 1.165) is 13.0 Å². The first kappa shape index (κ1) is 18.8. The molecule has 1 aromatic rings. The molecule has 0 spiro atoms. The second kappa shape index (κ2) is 9.68. The largest absolute Gasteiger partial charge is 0.453 e. The van der Waals surface area contributed by atoms with E-state index >= 15 is 0 Å². The van der Waals surface area contributed by atoms with Crippen molar-refractivity contribution in [3.8, 4) is 0 Å². The normalized spacial score (nSPS) is 11.7. The van der Waals surface area contributed by atoms with Gasteiger partial charge in [-0.1, -0.05) is 13.0 Å². The molecular weight excluding hydrogens is 296 g/mol. The number of nitrogens with one attached hydrogen (secondary N) is 3. The lowest BCUT2D eigenvalue weighted by molar-refractivity contribution is 0.187. The SMILES string of the molecule is CC[C@@H](C)N(C)CCNC(=O)Nc1cccc(NC(=O)OC)c1. The predicted octanol–water partition coefficient (Wildman–Crippen LogP) is 2.72. The number of hydrogen-bond donors (Lipinski definition) is 3. The van der Waals surface area contributed by atoms with Crippen LogP contribution in [0.3, 0.4) is 0 Å². The number of hydrogen-bond acceptors (Lipinski definition) is 4. The van der Waals surface area contributed by atoms with Crippen LogP contribution in [-0.2, 0) is 4.74 Å². The maximum absolute atomic E-state index is 11.9. The summed E-state index contributed by atoms with van der Waals surface area (Å²) < 4.78 is 4.52. The van der Waals surface area contributed by atoms with E-state index in [1.54, 1.807) is 24.3 Å². The van der Waals surface area contributed by atoms with Crippen molar-refractivity contribution in [3.05, 3.63) is 24.3 Å². The lowest BCUT2D eigenvalue weighted by Crippen LogP contribution is -2.38. The van der Waals surface area contributed by atoms with Crippen LogP contribution >= 0.6 is 0 Å². The average molecular weight is 322 g/mol. The zero-order valence-electron chi connectivity index (χ0n) is 14.2. The number of methoxy groups -OCH3 is 1. The highest BCUT2D eigenvalue weighted by Gasteiger charge is 2.08. The number of amides is 3. The molecule has 3 N–H and O–H groups in total. The number of urea groups is 1. The quantitative estimate of drug-likeness (QED) is 0.721. The van der Waals surface area contributed by atoms with Crippen LogP contribution in [0.15, 0.2) is 24.3 Å². The molecular formula is C16H26N4O3. The molecule has 1 atom stereocenters. The molecule has 7 heteroatoms. The average Bonchev–Trinajstić information content (AvgIpc) is 2.54. The standard InChI is InChI=1S/C16H26N4O3/c1-5-12(2)20(3)10-9-17-15(21)18-13-7-6-8-14(11-13)19-16(22)23-4/h6-8,11-12H,5,9-10H2,1-4H3,(H,19,22)(H2,17,18,21)/t12-/m1/s1. The van der Waals surface area contributed by atoms with Crippen molar-refractivity contribution in [1.82, 2.24) is 10.2 Å². The molecule has 0 unspecified atom stereocenters. The Hall–Kier alpha value is -2.28. The monoisotopic (exact) mass is 322 g/mol. The Balaban J connectivity index is 2.42. The first-order valence-electron chi connectivity index (χ1n) is 7.66. The Kier molecular flexibility index (Phi) is 7.90. The van der Waals surface area contributed by atoms with Crippen LogP contribution in [0.2, 0.25) is 0 Å². The number of carbonyl (C=O) groups excluding carboxylic acids is 2. The van der Waals surface area contributed by atoms with Gasteiger partial charge in [-0.2, -0.15) is 0 Å². The molecule has 0 aromatic heterocycles. The van der Waals surface area contributed by atoms with Crippen LogP contribution in [-0.4, -0.2) is 50.3 Å².